The molecular weight excluding hydrogens is 533 g/mol. The van der Waals surface area contributed by atoms with Gasteiger partial charge in [0.1, 0.15) is 22.5 Å². The van der Waals surface area contributed by atoms with Gasteiger partial charge in [-0.05, 0) is 75.2 Å². The molecule has 1 heterocycles. The quantitative estimate of drug-likeness (QED) is 0.251. The van der Waals surface area contributed by atoms with Crippen LogP contribution in [0.25, 0.3) is 16.7 Å². The largest absolute Gasteiger partial charge is 0.505 e. The van der Waals surface area contributed by atoms with Crippen molar-refractivity contribution in [2.75, 3.05) is 0 Å². The third kappa shape index (κ3) is 4.85. The van der Waals surface area contributed by atoms with Gasteiger partial charge in [0.05, 0.1) is 0 Å². The van der Waals surface area contributed by atoms with E-state index in [9.17, 15) is 5.11 Å². The Morgan fingerprint density at radius 3 is 2.09 bits per heavy atom. The lowest BCUT2D eigenvalue weighted by molar-refractivity contribution is 0.283. The molecule has 0 aliphatic carbocycles. The molecule has 0 spiro atoms. The topological polar surface area (TPSA) is 50.9 Å². The molecule has 5 heteroatoms. The fourth-order valence-electron chi connectivity index (χ4n) is 5.07. The van der Waals surface area contributed by atoms with E-state index in [1.165, 1.54) is 5.56 Å². The van der Waals surface area contributed by atoms with Crippen LogP contribution in [0.4, 0.5) is 0 Å². The van der Waals surface area contributed by atoms with Gasteiger partial charge < -0.3 is 5.11 Å². The molecule has 178 valence electrons. The second-order valence-electron chi connectivity index (χ2n) is 11.6. The van der Waals surface area contributed by atoms with Crippen LogP contribution in [-0.2, 0) is 10.8 Å². The van der Waals surface area contributed by atoms with Gasteiger partial charge in [0.2, 0.25) is 0 Å². The predicted molar refractivity (Wildman–Crippen MR) is 149 cm³/mol. The Bertz CT molecular complexity index is 1330. The average Bonchev–Trinajstić information content (AvgIpc) is 3.15. The van der Waals surface area contributed by atoms with Crippen LogP contribution in [0.1, 0.15) is 71.6 Å². The van der Waals surface area contributed by atoms with E-state index < -0.39 is 5.41 Å². The van der Waals surface area contributed by atoms with Crippen molar-refractivity contribution < 1.29 is 5.11 Å². The Labute approximate surface area is 216 Å². The van der Waals surface area contributed by atoms with Crippen molar-refractivity contribution in [1.82, 2.24) is 15.0 Å². The zero-order valence-corrected chi connectivity index (χ0v) is 23.3. The summed E-state index contributed by atoms with van der Waals surface area (Å²) in [5, 5.41) is 21.1. The van der Waals surface area contributed by atoms with Crippen LogP contribution in [0.15, 0.2) is 60.7 Å². The Hall–Kier alpha value is -2.41. The molecule has 0 bridgehead atoms. The lowest BCUT2D eigenvalue weighted by Crippen LogP contribution is -2.27. The molecule has 1 N–H and O–H groups in total. The van der Waals surface area contributed by atoms with Crippen LogP contribution in [0.3, 0.4) is 0 Å². The standard InChI is InChI=1S/C29H34IN3O/c1-27(2,3)18-28(4,5)20-15-22(29(6,7)19-11-9-8-10-12-19)26(34)25(16-20)33-31-23-14-13-21(30)17-24(23)32-33/h8-17,34H,18H2,1-7H3. The molecule has 0 unspecified atom stereocenters. The minimum Gasteiger partial charge on any atom is -0.505 e. The molecule has 1 aromatic heterocycles. The molecule has 0 aliphatic rings. The molecule has 0 fully saturated rings. The Morgan fingerprint density at radius 2 is 1.44 bits per heavy atom. The average molecular weight is 568 g/mol. The molecule has 4 rings (SSSR count). The second kappa shape index (κ2) is 8.67. The first-order valence-electron chi connectivity index (χ1n) is 11.7. The normalized spacial score (nSPS) is 12.9. The van der Waals surface area contributed by atoms with Gasteiger partial charge in [-0.3, -0.25) is 0 Å². The molecule has 0 saturated heterocycles. The van der Waals surface area contributed by atoms with Crippen molar-refractivity contribution in [2.24, 2.45) is 5.41 Å². The number of hydrogen-bond acceptors (Lipinski definition) is 3. The summed E-state index contributed by atoms with van der Waals surface area (Å²) in [5.74, 6) is 0.221. The first-order valence-corrected chi connectivity index (χ1v) is 12.8. The van der Waals surface area contributed by atoms with Crippen LogP contribution >= 0.6 is 22.6 Å². The molecule has 4 aromatic rings. The highest BCUT2D eigenvalue weighted by atomic mass is 127. The van der Waals surface area contributed by atoms with Gasteiger partial charge in [0, 0.05) is 14.5 Å². The lowest BCUT2D eigenvalue weighted by Gasteiger charge is -2.35. The number of aromatic nitrogens is 3. The Kier molecular flexibility index (Phi) is 6.30. The number of hydrogen-bond donors (Lipinski definition) is 1. The molecule has 4 nitrogen and oxygen atoms in total. The highest BCUT2D eigenvalue weighted by Crippen LogP contribution is 2.44. The third-order valence-corrected chi connectivity index (χ3v) is 7.24. The Morgan fingerprint density at radius 1 is 0.794 bits per heavy atom. The fourth-order valence-corrected chi connectivity index (χ4v) is 5.55. The maximum atomic E-state index is 11.6. The zero-order valence-electron chi connectivity index (χ0n) is 21.1. The van der Waals surface area contributed by atoms with Crippen molar-refractivity contribution in [2.45, 2.75) is 65.7 Å². The minimum absolute atomic E-state index is 0.107. The van der Waals surface area contributed by atoms with Crippen LogP contribution in [-0.4, -0.2) is 20.1 Å². The summed E-state index contributed by atoms with van der Waals surface area (Å²) < 4.78 is 1.10. The molecule has 0 aliphatic heterocycles. The number of phenolic OH excluding ortho intramolecular Hbond substituents is 1. The summed E-state index contributed by atoms with van der Waals surface area (Å²) in [7, 11) is 0. The van der Waals surface area contributed by atoms with Crippen LogP contribution in [0.5, 0.6) is 5.75 Å². The molecule has 0 saturated carbocycles. The van der Waals surface area contributed by atoms with Crippen LogP contribution < -0.4 is 0 Å². The van der Waals surface area contributed by atoms with E-state index in [4.69, 9.17) is 10.2 Å². The summed E-state index contributed by atoms with van der Waals surface area (Å²) in [6.07, 6.45) is 1.00. The SMILES string of the molecule is CC(C)(C)CC(C)(C)c1cc(-n2nc3ccc(I)cc3n2)c(O)c(C(C)(C)c2ccccc2)c1. The van der Waals surface area contributed by atoms with Gasteiger partial charge in [0.15, 0.2) is 0 Å². The zero-order chi connectivity index (χ0) is 24.9. The number of halogens is 1. The number of fused-ring (bicyclic) bond motifs is 1. The first-order chi connectivity index (χ1) is 15.8. The number of aromatic hydroxyl groups is 1. The van der Waals surface area contributed by atoms with Gasteiger partial charge in [-0.2, -0.15) is 0 Å². The molecule has 0 amide bonds. The van der Waals surface area contributed by atoms with Crippen molar-refractivity contribution in [3.8, 4) is 11.4 Å². The molecular formula is C29H34IN3O. The minimum atomic E-state index is -0.407. The van der Waals surface area contributed by atoms with Crippen LogP contribution in [0, 0.1) is 8.99 Å². The number of rotatable bonds is 5. The smallest absolute Gasteiger partial charge is 0.147 e. The molecule has 3 aromatic carbocycles. The van der Waals surface area contributed by atoms with E-state index in [0.29, 0.717) is 5.69 Å². The number of phenols is 1. The molecule has 0 atom stereocenters. The summed E-state index contributed by atoms with van der Waals surface area (Å²) in [6.45, 7) is 15.7. The van der Waals surface area contributed by atoms with Crippen molar-refractivity contribution in [3.05, 3.63) is 80.9 Å². The number of benzene rings is 3. The highest BCUT2D eigenvalue weighted by molar-refractivity contribution is 14.1. The lowest BCUT2D eigenvalue weighted by atomic mass is 9.70. The van der Waals surface area contributed by atoms with Crippen LogP contribution in [0.2, 0.25) is 0 Å². The summed E-state index contributed by atoms with van der Waals surface area (Å²) in [5.41, 5.74) is 5.08. The van der Waals surface area contributed by atoms with E-state index in [1.54, 1.807) is 4.80 Å². The fraction of sp³-hybridized carbons (Fsp3) is 0.379. The summed E-state index contributed by atoms with van der Waals surface area (Å²) >= 11 is 2.28. The number of nitrogens with zero attached hydrogens (tertiary/aromatic N) is 3. The first kappa shape index (κ1) is 24.7. The predicted octanol–water partition coefficient (Wildman–Crippen LogP) is 7.77. The van der Waals surface area contributed by atoms with E-state index >= 15 is 0 Å². The summed E-state index contributed by atoms with van der Waals surface area (Å²) in [6, 6.07) is 20.6. The van der Waals surface area contributed by atoms with E-state index in [1.807, 2.05) is 36.4 Å². The van der Waals surface area contributed by atoms with Gasteiger partial charge in [-0.1, -0.05) is 84.9 Å². The van der Waals surface area contributed by atoms with Gasteiger partial charge in [-0.25, -0.2) is 0 Å². The van der Waals surface area contributed by atoms with Gasteiger partial charge in [-0.15, -0.1) is 15.0 Å². The maximum Gasteiger partial charge on any atom is 0.147 e. The van der Waals surface area contributed by atoms with E-state index in [-0.39, 0.29) is 16.6 Å². The van der Waals surface area contributed by atoms with Crippen molar-refractivity contribution in [1.29, 1.82) is 0 Å². The summed E-state index contributed by atoms with van der Waals surface area (Å²) in [4.78, 5) is 1.59. The van der Waals surface area contributed by atoms with Gasteiger partial charge in [0.25, 0.3) is 0 Å². The Balaban J connectivity index is 1.97. The van der Waals surface area contributed by atoms with E-state index in [2.05, 4.69) is 95.3 Å². The third-order valence-electron chi connectivity index (χ3n) is 6.57. The maximum absolute atomic E-state index is 11.6. The molecule has 0 radical (unpaired) electrons. The van der Waals surface area contributed by atoms with Crippen molar-refractivity contribution in [3.63, 3.8) is 0 Å². The monoisotopic (exact) mass is 567 g/mol. The second-order valence-corrected chi connectivity index (χ2v) is 12.9. The molecule has 34 heavy (non-hydrogen) atoms. The van der Waals surface area contributed by atoms with Gasteiger partial charge >= 0.3 is 0 Å². The highest BCUT2D eigenvalue weighted by Gasteiger charge is 2.33. The van der Waals surface area contributed by atoms with Crippen molar-refractivity contribution >= 4 is 33.6 Å². The van der Waals surface area contributed by atoms with E-state index in [0.717, 1.165) is 32.2 Å².